The average molecular weight is 331 g/mol. The molecule has 118 valence electrons. The number of carbonyl (C=O) groups is 1. The summed E-state index contributed by atoms with van der Waals surface area (Å²) in [5.41, 5.74) is 0.376. The molecule has 0 unspecified atom stereocenters. The van der Waals surface area contributed by atoms with Gasteiger partial charge in [-0.15, -0.1) is 0 Å². The van der Waals surface area contributed by atoms with Gasteiger partial charge in [0.15, 0.2) is 0 Å². The maximum atomic E-state index is 11.9. The van der Waals surface area contributed by atoms with Gasteiger partial charge in [-0.05, 0) is 18.6 Å². The molecule has 5 heteroatoms. The highest BCUT2D eigenvalue weighted by Gasteiger charge is 2.10. The fourth-order valence-corrected chi connectivity index (χ4v) is 2.57. The molecule has 0 aliphatic heterocycles. The van der Waals surface area contributed by atoms with Crippen molar-refractivity contribution < 1.29 is 4.79 Å². The van der Waals surface area contributed by atoms with E-state index in [-0.39, 0.29) is 11.1 Å². The highest BCUT2D eigenvalue weighted by atomic mass is 35.5. The molecule has 1 aromatic heterocycles. The topological polar surface area (TPSA) is 42.0 Å². The average Bonchev–Trinajstić information content (AvgIpc) is 2.45. The van der Waals surface area contributed by atoms with Crippen LogP contribution in [0, 0.1) is 0 Å². The minimum Gasteiger partial charge on any atom is -0.352 e. The lowest BCUT2D eigenvalue weighted by Gasteiger charge is -2.06. The van der Waals surface area contributed by atoms with Crippen LogP contribution in [0.4, 0.5) is 0 Å². The summed E-state index contributed by atoms with van der Waals surface area (Å²) in [6, 6.07) is 3.17. The number of rotatable bonds is 10. The molecule has 0 radical (unpaired) electrons. The van der Waals surface area contributed by atoms with Crippen molar-refractivity contribution in [3.05, 3.63) is 28.0 Å². The zero-order valence-corrected chi connectivity index (χ0v) is 14.1. The first-order valence-electron chi connectivity index (χ1n) is 7.75. The number of nitrogens with zero attached hydrogens (tertiary/aromatic N) is 1. The molecule has 0 aromatic carbocycles. The summed E-state index contributed by atoms with van der Waals surface area (Å²) >= 11 is 11.6. The Morgan fingerprint density at radius 3 is 2.29 bits per heavy atom. The van der Waals surface area contributed by atoms with Gasteiger partial charge in [0.1, 0.15) is 10.3 Å². The standard InChI is InChI=1S/C16H24Cl2N2O/c1-2-3-4-5-6-7-8-9-12-19-16(21)13-10-11-14(17)20-15(13)18/h10-11H,2-9,12H2,1H3,(H,19,21). The number of halogens is 2. The number of unbranched alkanes of at least 4 members (excludes halogenated alkanes) is 7. The first-order valence-corrected chi connectivity index (χ1v) is 8.51. The van der Waals surface area contributed by atoms with Crippen molar-refractivity contribution in [1.82, 2.24) is 10.3 Å². The Morgan fingerprint density at radius 2 is 1.67 bits per heavy atom. The molecule has 1 aromatic rings. The van der Waals surface area contributed by atoms with Crippen molar-refractivity contribution in [2.24, 2.45) is 0 Å². The molecule has 0 bridgehead atoms. The third-order valence-corrected chi connectivity index (χ3v) is 3.87. The van der Waals surface area contributed by atoms with Gasteiger partial charge in [-0.1, -0.05) is 75.1 Å². The van der Waals surface area contributed by atoms with Crippen LogP contribution in [0.2, 0.25) is 10.3 Å². The SMILES string of the molecule is CCCCCCCCCCNC(=O)c1ccc(Cl)nc1Cl. The maximum absolute atomic E-state index is 11.9. The lowest BCUT2D eigenvalue weighted by atomic mass is 10.1. The van der Waals surface area contributed by atoms with Crippen molar-refractivity contribution in [1.29, 1.82) is 0 Å². The zero-order valence-electron chi connectivity index (χ0n) is 12.6. The first-order chi connectivity index (χ1) is 10.1. The smallest absolute Gasteiger partial charge is 0.254 e. The van der Waals surface area contributed by atoms with Gasteiger partial charge in [0.05, 0.1) is 5.56 Å². The molecule has 0 atom stereocenters. The monoisotopic (exact) mass is 330 g/mol. The van der Waals surface area contributed by atoms with Crippen LogP contribution in [0.15, 0.2) is 12.1 Å². The van der Waals surface area contributed by atoms with Crippen LogP contribution in [0.25, 0.3) is 0 Å². The Kier molecular flexibility index (Phi) is 9.44. The lowest BCUT2D eigenvalue weighted by Crippen LogP contribution is -2.24. The fourth-order valence-electron chi connectivity index (χ4n) is 2.14. The van der Waals surface area contributed by atoms with E-state index in [2.05, 4.69) is 17.2 Å². The number of amides is 1. The third kappa shape index (κ3) is 7.68. The molecule has 1 heterocycles. The molecule has 0 fully saturated rings. The quantitative estimate of drug-likeness (QED) is 0.469. The second-order valence-corrected chi connectivity index (χ2v) is 5.95. The van der Waals surface area contributed by atoms with E-state index in [9.17, 15) is 4.79 Å². The molecule has 21 heavy (non-hydrogen) atoms. The number of carbonyl (C=O) groups excluding carboxylic acids is 1. The van der Waals surface area contributed by atoms with Crippen LogP contribution in [0.3, 0.4) is 0 Å². The van der Waals surface area contributed by atoms with Crippen LogP contribution in [-0.2, 0) is 0 Å². The molecule has 0 saturated heterocycles. The number of hydrogen-bond acceptors (Lipinski definition) is 2. The summed E-state index contributed by atoms with van der Waals surface area (Å²) in [5, 5.41) is 3.30. The molecule has 3 nitrogen and oxygen atoms in total. The van der Waals surface area contributed by atoms with E-state index in [0.29, 0.717) is 17.3 Å². The van der Waals surface area contributed by atoms with Gasteiger partial charge in [-0.25, -0.2) is 4.98 Å². The van der Waals surface area contributed by atoms with Crippen molar-refractivity contribution in [3.8, 4) is 0 Å². The van der Waals surface area contributed by atoms with Crippen LogP contribution in [-0.4, -0.2) is 17.4 Å². The summed E-state index contributed by atoms with van der Waals surface area (Å²) in [7, 11) is 0. The van der Waals surface area contributed by atoms with E-state index in [1.165, 1.54) is 38.5 Å². The van der Waals surface area contributed by atoms with E-state index in [0.717, 1.165) is 12.8 Å². The number of aromatic nitrogens is 1. The molecule has 0 spiro atoms. The van der Waals surface area contributed by atoms with E-state index < -0.39 is 0 Å². The summed E-state index contributed by atoms with van der Waals surface area (Å²) in [6.07, 6.45) is 9.97. The minimum absolute atomic E-state index is 0.149. The van der Waals surface area contributed by atoms with Gasteiger partial charge in [0.25, 0.3) is 5.91 Å². The van der Waals surface area contributed by atoms with Gasteiger partial charge in [0, 0.05) is 6.54 Å². The summed E-state index contributed by atoms with van der Waals surface area (Å²) < 4.78 is 0. The summed E-state index contributed by atoms with van der Waals surface area (Å²) in [5.74, 6) is -0.188. The van der Waals surface area contributed by atoms with Crippen LogP contribution < -0.4 is 5.32 Å². The third-order valence-electron chi connectivity index (χ3n) is 3.38. The van der Waals surface area contributed by atoms with Gasteiger partial charge in [0.2, 0.25) is 0 Å². The lowest BCUT2D eigenvalue weighted by molar-refractivity contribution is 0.0952. The first kappa shape index (κ1) is 18.2. The molecule has 1 amide bonds. The fraction of sp³-hybridized carbons (Fsp3) is 0.625. The van der Waals surface area contributed by atoms with Gasteiger partial charge >= 0.3 is 0 Å². The molecule has 0 aliphatic rings. The van der Waals surface area contributed by atoms with E-state index in [4.69, 9.17) is 23.2 Å². The predicted octanol–water partition coefficient (Wildman–Crippen LogP) is 5.26. The van der Waals surface area contributed by atoms with Gasteiger partial charge < -0.3 is 5.32 Å². The maximum Gasteiger partial charge on any atom is 0.254 e. The normalized spacial score (nSPS) is 10.6. The van der Waals surface area contributed by atoms with Crippen LogP contribution in [0.5, 0.6) is 0 Å². The number of hydrogen-bond donors (Lipinski definition) is 1. The minimum atomic E-state index is -0.188. The highest BCUT2D eigenvalue weighted by molar-refractivity contribution is 6.34. The van der Waals surface area contributed by atoms with E-state index >= 15 is 0 Å². The molecular formula is C16H24Cl2N2O. The number of pyridine rings is 1. The van der Waals surface area contributed by atoms with E-state index in [1.54, 1.807) is 12.1 Å². The molecular weight excluding hydrogens is 307 g/mol. The Labute approximate surface area is 137 Å². The molecule has 0 aliphatic carbocycles. The Hall–Kier alpha value is -0.800. The van der Waals surface area contributed by atoms with Crippen LogP contribution >= 0.6 is 23.2 Å². The Balaban J connectivity index is 2.11. The number of nitrogens with one attached hydrogen (secondary N) is 1. The molecule has 1 N–H and O–H groups in total. The second kappa shape index (κ2) is 10.9. The summed E-state index contributed by atoms with van der Waals surface area (Å²) in [6.45, 7) is 2.90. The largest absolute Gasteiger partial charge is 0.352 e. The second-order valence-electron chi connectivity index (χ2n) is 5.20. The Morgan fingerprint density at radius 1 is 1.05 bits per heavy atom. The Bertz CT molecular complexity index is 438. The van der Waals surface area contributed by atoms with Crippen molar-refractivity contribution >= 4 is 29.1 Å². The summed E-state index contributed by atoms with van der Waals surface area (Å²) in [4.78, 5) is 15.8. The molecule has 0 saturated carbocycles. The highest BCUT2D eigenvalue weighted by Crippen LogP contribution is 2.16. The van der Waals surface area contributed by atoms with Crippen molar-refractivity contribution in [3.63, 3.8) is 0 Å². The van der Waals surface area contributed by atoms with E-state index in [1.807, 2.05) is 0 Å². The van der Waals surface area contributed by atoms with Crippen molar-refractivity contribution in [2.75, 3.05) is 6.54 Å². The molecule has 1 rings (SSSR count). The van der Waals surface area contributed by atoms with Crippen molar-refractivity contribution in [2.45, 2.75) is 58.3 Å². The predicted molar refractivity (Wildman–Crippen MR) is 89.2 cm³/mol. The van der Waals surface area contributed by atoms with Gasteiger partial charge in [-0.3, -0.25) is 4.79 Å². The zero-order chi connectivity index (χ0) is 15.5. The van der Waals surface area contributed by atoms with Crippen LogP contribution in [0.1, 0.15) is 68.6 Å². The van der Waals surface area contributed by atoms with Gasteiger partial charge in [-0.2, -0.15) is 0 Å².